The molecule has 2 rings (SSSR count). The third-order valence-electron chi connectivity index (χ3n) is 3.39. The number of likely N-dealkylation sites (tertiary alicyclic amines) is 1. The van der Waals surface area contributed by atoms with E-state index in [0.29, 0.717) is 11.9 Å². The number of carbonyl (C=O) groups is 1. The quantitative estimate of drug-likeness (QED) is 0.663. The molecule has 1 atom stereocenters. The number of hydrogen-bond donors (Lipinski definition) is 1. The fourth-order valence-electron chi connectivity index (χ4n) is 2.35. The number of nitrogens with zero attached hydrogens (tertiary/aromatic N) is 2. The van der Waals surface area contributed by atoms with Crippen molar-refractivity contribution in [2.24, 2.45) is 0 Å². The topological polar surface area (TPSA) is 35.6 Å². The Labute approximate surface area is 85.2 Å². The van der Waals surface area contributed by atoms with Gasteiger partial charge in [-0.1, -0.05) is 6.92 Å². The molecule has 0 bridgehead atoms. The average molecular weight is 197 g/mol. The van der Waals surface area contributed by atoms with Crippen LogP contribution < -0.4 is 5.32 Å². The first-order chi connectivity index (χ1) is 6.74. The van der Waals surface area contributed by atoms with Gasteiger partial charge in [-0.15, -0.1) is 0 Å². The molecule has 1 N–H and O–H groups in total. The minimum atomic E-state index is 0.150. The Hall–Kier alpha value is -0.610. The van der Waals surface area contributed by atoms with E-state index in [1.807, 2.05) is 11.9 Å². The molecular weight excluding hydrogens is 178 g/mol. The lowest BCUT2D eigenvalue weighted by Crippen LogP contribution is -2.61. The molecule has 0 radical (unpaired) electrons. The van der Waals surface area contributed by atoms with Crippen LogP contribution in [0.5, 0.6) is 0 Å². The first-order valence-corrected chi connectivity index (χ1v) is 5.45. The maximum atomic E-state index is 11.8. The Morgan fingerprint density at radius 3 is 2.64 bits per heavy atom. The molecule has 14 heavy (non-hydrogen) atoms. The smallest absolute Gasteiger partial charge is 0.239 e. The van der Waals surface area contributed by atoms with Crippen LogP contribution in [0.4, 0.5) is 0 Å². The lowest BCUT2D eigenvalue weighted by atomic mass is 10.1. The second kappa shape index (κ2) is 3.87. The van der Waals surface area contributed by atoms with Crippen LogP contribution in [0.2, 0.25) is 0 Å². The molecule has 2 fully saturated rings. The fraction of sp³-hybridized carbons (Fsp3) is 0.900. The van der Waals surface area contributed by atoms with Crippen LogP contribution in [0.3, 0.4) is 0 Å². The second-order valence-electron chi connectivity index (χ2n) is 4.21. The summed E-state index contributed by atoms with van der Waals surface area (Å²) in [5, 5.41) is 3.26. The van der Waals surface area contributed by atoms with Crippen molar-refractivity contribution >= 4 is 5.91 Å². The van der Waals surface area contributed by atoms with Gasteiger partial charge < -0.3 is 10.2 Å². The third kappa shape index (κ3) is 1.53. The van der Waals surface area contributed by atoms with Crippen LogP contribution in [-0.4, -0.2) is 61.0 Å². The van der Waals surface area contributed by atoms with Crippen molar-refractivity contribution in [1.29, 1.82) is 0 Å². The number of nitrogens with one attached hydrogen (secondary N) is 1. The van der Waals surface area contributed by atoms with E-state index in [4.69, 9.17) is 0 Å². The lowest BCUT2D eigenvalue weighted by Gasteiger charge is -2.40. The fourth-order valence-corrected chi connectivity index (χ4v) is 2.35. The molecular formula is C10H19N3O. The normalized spacial score (nSPS) is 28.6. The SMILES string of the molecule is CCN(C1CNC1)C1CCN(C)C1=O. The largest absolute Gasteiger partial charge is 0.344 e. The van der Waals surface area contributed by atoms with Gasteiger partial charge in [-0.25, -0.2) is 0 Å². The Bertz CT molecular complexity index is 227. The monoisotopic (exact) mass is 197 g/mol. The van der Waals surface area contributed by atoms with Crippen LogP contribution in [0.15, 0.2) is 0 Å². The van der Waals surface area contributed by atoms with Crippen LogP contribution in [0.1, 0.15) is 13.3 Å². The van der Waals surface area contributed by atoms with E-state index in [1.165, 1.54) is 0 Å². The van der Waals surface area contributed by atoms with Crippen molar-refractivity contribution < 1.29 is 4.79 Å². The standard InChI is InChI=1S/C10H19N3O/c1-3-13(8-6-11-7-8)9-4-5-12(2)10(9)14/h8-9,11H,3-7H2,1-2H3. The van der Waals surface area contributed by atoms with E-state index in [2.05, 4.69) is 17.1 Å². The van der Waals surface area contributed by atoms with Crippen molar-refractivity contribution in [2.75, 3.05) is 33.2 Å². The molecule has 1 unspecified atom stereocenters. The van der Waals surface area contributed by atoms with Crippen molar-refractivity contribution in [3.8, 4) is 0 Å². The number of rotatable bonds is 3. The van der Waals surface area contributed by atoms with Crippen LogP contribution in [0, 0.1) is 0 Å². The molecule has 2 saturated heterocycles. The summed E-state index contributed by atoms with van der Waals surface area (Å²) in [7, 11) is 1.90. The van der Waals surface area contributed by atoms with E-state index >= 15 is 0 Å². The molecule has 0 spiro atoms. The Morgan fingerprint density at radius 1 is 1.57 bits per heavy atom. The van der Waals surface area contributed by atoms with Crippen molar-refractivity contribution in [3.63, 3.8) is 0 Å². The predicted molar refractivity (Wildman–Crippen MR) is 55.1 cm³/mol. The summed E-state index contributed by atoms with van der Waals surface area (Å²) >= 11 is 0. The molecule has 0 aromatic rings. The first-order valence-electron chi connectivity index (χ1n) is 5.45. The number of hydrogen-bond acceptors (Lipinski definition) is 3. The third-order valence-corrected chi connectivity index (χ3v) is 3.39. The van der Waals surface area contributed by atoms with Crippen molar-refractivity contribution in [3.05, 3.63) is 0 Å². The summed E-state index contributed by atoms with van der Waals surface area (Å²) in [6.07, 6.45) is 1.000. The maximum absolute atomic E-state index is 11.8. The minimum absolute atomic E-state index is 0.150. The lowest BCUT2D eigenvalue weighted by molar-refractivity contribution is -0.132. The van der Waals surface area contributed by atoms with Crippen LogP contribution in [-0.2, 0) is 4.79 Å². The summed E-state index contributed by atoms with van der Waals surface area (Å²) in [5.41, 5.74) is 0. The first kappa shape index (κ1) is 9.93. The Kier molecular flexibility index (Phi) is 2.74. The highest BCUT2D eigenvalue weighted by Gasteiger charge is 2.38. The van der Waals surface area contributed by atoms with E-state index in [0.717, 1.165) is 32.6 Å². The van der Waals surface area contributed by atoms with Gasteiger partial charge in [0.15, 0.2) is 0 Å². The molecule has 1 amide bonds. The summed E-state index contributed by atoms with van der Waals surface area (Å²) in [6, 6.07) is 0.734. The Balaban J connectivity index is 2.00. The number of amides is 1. The molecule has 4 nitrogen and oxygen atoms in total. The zero-order valence-corrected chi connectivity index (χ0v) is 8.99. The van der Waals surface area contributed by atoms with Gasteiger partial charge >= 0.3 is 0 Å². The van der Waals surface area contributed by atoms with E-state index in [-0.39, 0.29) is 6.04 Å². The van der Waals surface area contributed by atoms with E-state index < -0.39 is 0 Å². The van der Waals surface area contributed by atoms with Gasteiger partial charge in [0.25, 0.3) is 0 Å². The second-order valence-corrected chi connectivity index (χ2v) is 4.21. The van der Waals surface area contributed by atoms with Gasteiger partial charge in [-0.05, 0) is 13.0 Å². The zero-order chi connectivity index (χ0) is 10.1. The van der Waals surface area contributed by atoms with Gasteiger partial charge in [-0.3, -0.25) is 9.69 Å². The minimum Gasteiger partial charge on any atom is -0.344 e. The number of carbonyl (C=O) groups excluding carboxylic acids is 1. The maximum Gasteiger partial charge on any atom is 0.239 e. The molecule has 80 valence electrons. The van der Waals surface area contributed by atoms with E-state index in [1.54, 1.807) is 0 Å². The Morgan fingerprint density at radius 2 is 2.29 bits per heavy atom. The molecule has 0 saturated carbocycles. The molecule has 0 aliphatic carbocycles. The highest BCUT2D eigenvalue weighted by molar-refractivity contribution is 5.83. The van der Waals surface area contributed by atoms with Crippen LogP contribution in [0.25, 0.3) is 0 Å². The summed E-state index contributed by atoms with van der Waals surface area (Å²) in [4.78, 5) is 16.0. The zero-order valence-electron chi connectivity index (χ0n) is 8.99. The highest BCUT2D eigenvalue weighted by Crippen LogP contribution is 2.19. The average Bonchev–Trinajstić information content (AvgIpc) is 2.41. The molecule has 0 aromatic heterocycles. The summed E-state index contributed by atoms with van der Waals surface area (Å²) in [5.74, 6) is 0.304. The summed E-state index contributed by atoms with van der Waals surface area (Å²) in [6.45, 7) is 6.13. The van der Waals surface area contributed by atoms with Crippen molar-refractivity contribution in [2.45, 2.75) is 25.4 Å². The van der Waals surface area contributed by atoms with Gasteiger partial charge in [-0.2, -0.15) is 0 Å². The van der Waals surface area contributed by atoms with E-state index in [9.17, 15) is 4.79 Å². The molecule has 2 aliphatic rings. The van der Waals surface area contributed by atoms with Crippen LogP contribution >= 0.6 is 0 Å². The van der Waals surface area contributed by atoms with Gasteiger partial charge in [0.2, 0.25) is 5.91 Å². The molecule has 0 aromatic carbocycles. The van der Waals surface area contributed by atoms with Crippen molar-refractivity contribution in [1.82, 2.24) is 15.1 Å². The highest BCUT2D eigenvalue weighted by atomic mass is 16.2. The molecule has 2 heterocycles. The van der Waals surface area contributed by atoms with Gasteiger partial charge in [0.05, 0.1) is 6.04 Å². The molecule has 2 aliphatic heterocycles. The number of likely N-dealkylation sites (N-methyl/N-ethyl adjacent to an activating group) is 2. The summed E-state index contributed by atoms with van der Waals surface area (Å²) < 4.78 is 0. The van der Waals surface area contributed by atoms with Gasteiger partial charge in [0.1, 0.15) is 0 Å². The predicted octanol–water partition coefficient (Wildman–Crippen LogP) is -0.489. The molecule has 4 heteroatoms. The van der Waals surface area contributed by atoms with Gasteiger partial charge in [0, 0.05) is 32.7 Å².